The van der Waals surface area contributed by atoms with E-state index in [1.165, 1.54) is 7.11 Å². The van der Waals surface area contributed by atoms with Crippen LogP contribution in [0, 0.1) is 0 Å². The summed E-state index contributed by atoms with van der Waals surface area (Å²) in [6.07, 6.45) is 4.13. The second-order valence-electron chi connectivity index (χ2n) is 6.96. The number of likely N-dealkylation sites (tertiary alicyclic amines) is 1. The monoisotopic (exact) mass is 269 g/mol. The summed E-state index contributed by atoms with van der Waals surface area (Å²) in [5.41, 5.74) is -0.334. The third kappa shape index (κ3) is 2.95. The highest BCUT2D eigenvalue weighted by Crippen LogP contribution is 2.42. The van der Waals surface area contributed by atoms with Gasteiger partial charge in [0.05, 0.1) is 18.3 Å². The molecule has 19 heavy (non-hydrogen) atoms. The van der Waals surface area contributed by atoms with Crippen molar-refractivity contribution in [3.63, 3.8) is 0 Å². The molecule has 2 atom stereocenters. The fraction of sp³-hybridized carbons (Fsp3) is 0.933. The van der Waals surface area contributed by atoms with Gasteiger partial charge in [0, 0.05) is 6.04 Å². The Hall–Kier alpha value is -0.610. The van der Waals surface area contributed by atoms with Gasteiger partial charge in [-0.3, -0.25) is 9.69 Å². The predicted octanol–water partition coefficient (Wildman–Crippen LogP) is 2.36. The number of esters is 1. The molecule has 4 nitrogen and oxygen atoms in total. The topological polar surface area (TPSA) is 38.8 Å². The number of rotatable bonds is 2. The summed E-state index contributed by atoms with van der Waals surface area (Å²) >= 11 is 0. The molecule has 0 amide bonds. The lowest BCUT2D eigenvalue weighted by atomic mass is 9.89. The maximum Gasteiger partial charge on any atom is 0.323 e. The van der Waals surface area contributed by atoms with Crippen LogP contribution in [0.5, 0.6) is 0 Å². The average molecular weight is 269 g/mol. The zero-order valence-corrected chi connectivity index (χ0v) is 12.9. The van der Waals surface area contributed by atoms with Gasteiger partial charge < -0.3 is 9.47 Å². The van der Waals surface area contributed by atoms with Gasteiger partial charge in [-0.05, 0) is 53.5 Å². The van der Waals surface area contributed by atoms with Gasteiger partial charge in [-0.25, -0.2) is 0 Å². The van der Waals surface area contributed by atoms with Crippen molar-refractivity contribution in [3.8, 4) is 0 Å². The molecule has 110 valence electrons. The molecule has 0 saturated carbocycles. The Bertz CT molecular complexity index is 351. The highest BCUT2D eigenvalue weighted by Gasteiger charge is 2.51. The lowest BCUT2D eigenvalue weighted by Gasteiger charge is -2.42. The molecule has 1 unspecified atom stereocenters. The number of hydrogen-bond acceptors (Lipinski definition) is 4. The van der Waals surface area contributed by atoms with Crippen molar-refractivity contribution >= 4 is 5.97 Å². The van der Waals surface area contributed by atoms with E-state index in [2.05, 4.69) is 32.6 Å². The Morgan fingerprint density at radius 1 is 1.26 bits per heavy atom. The van der Waals surface area contributed by atoms with Crippen molar-refractivity contribution in [2.24, 2.45) is 0 Å². The van der Waals surface area contributed by atoms with Crippen molar-refractivity contribution in [2.45, 2.75) is 76.7 Å². The van der Waals surface area contributed by atoms with Crippen LogP contribution in [-0.4, -0.2) is 47.8 Å². The quantitative estimate of drug-likeness (QED) is 0.721. The van der Waals surface area contributed by atoms with E-state index in [4.69, 9.17) is 9.47 Å². The molecule has 0 radical (unpaired) electrons. The van der Waals surface area contributed by atoms with Gasteiger partial charge in [-0.2, -0.15) is 0 Å². The van der Waals surface area contributed by atoms with Gasteiger partial charge in [0.25, 0.3) is 0 Å². The first kappa shape index (κ1) is 14.8. The van der Waals surface area contributed by atoms with Crippen LogP contribution in [0.2, 0.25) is 0 Å². The van der Waals surface area contributed by atoms with Crippen molar-refractivity contribution in [2.75, 3.05) is 13.7 Å². The van der Waals surface area contributed by atoms with E-state index in [9.17, 15) is 4.79 Å². The maximum atomic E-state index is 12.0. The minimum absolute atomic E-state index is 0.0967. The van der Waals surface area contributed by atoms with Crippen LogP contribution in [0.1, 0.15) is 53.4 Å². The molecule has 0 aromatic carbocycles. The van der Waals surface area contributed by atoms with Crippen LogP contribution in [0.3, 0.4) is 0 Å². The molecule has 0 N–H and O–H groups in total. The minimum atomic E-state index is -0.215. The Labute approximate surface area is 116 Å². The highest BCUT2D eigenvalue weighted by molar-refractivity contribution is 5.75. The number of carbonyl (C=O) groups excluding carboxylic acids is 1. The predicted molar refractivity (Wildman–Crippen MR) is 74.0 cm³/mol. The Balaban J connectivity index is 2.20. The first-order valence-electron chi connectivity index (χ1n) is 7.30. The summed E-state index contributed by atoms with van der Waals surface area (Å²) in [7, 11) is 1.48. The second-order valence-corrected chi connectivity index (χ2v) is 6.96. The first-order valence-corrected chi connectivity index (χ1v) is 7.30. The smallest absolute Gasteiger partial charge is 0.323 e. The van der Waals surface area contributed by atoms with E-state index in [1.807, 2.05) is 0 Å². The van der Waals surface area contributed by atoms with Crippen LogP contribution in [0.4, 0.5) is 0 Å². The van der Waals surface area contributed by atoms with E-state index < -0.39 is 0 Å². The van der Waals surface area contributed by atoms with Gasteiger partial charge >= 0.3 is 5.97 Å². The van der Waals surface area contributed by atoms with E-state index in [-0.39, 0.29) is 29.3 Å². The summed E-state index contributed by atoms with van der Waals surface area (Å²) in [5, 5.41) is 0. The van der Waals surface area contributed by atoms with Crippen LogP contribution in [-0.2, 0) is 14.3 Å². The molecule has 0 aromatic rings. The van der Waals surface area contributed by atoms with E-state index in [0.717, 1.165) is 32.2 Å². The molecule has 2 rings (SSSR count). The van der Waals surface area contributed by atoms with Crippen molar-refractivity contribution < 1.29 is 14.3 Å². The molecule has 0 aromatic heterocycles. The number of nitrogens with zero attached hydrogens (tertiary/aromatic N) is 1. The Morgan fingerprint density at radius 2 is 1.95 bits per heavy atom. The zero-order chi connectivity index (χ0) is 14.3. The van der Waals surface area contributed by atoms with Crippen LogP contribution < -0.4 is 0 Å². The summed E-state index contributed by atoms with van der Waals surface area (Å²) in [6.45, 7) is 9.50. The molecule has 0 bridgehead atoms. The molecule has 0 spiro atoms. The third-order valence-corrected chi connectivity index (χ3v) is 4.44. The molecule has 2 aliphatic rings. The SMILES string of the molecule is COC(=O)[C@H]1CCCCN1C1CC(C)(C)OC1(C)C. The third-order valence-electron chi connectivity index (χ3n) is 4.44. The van der Waals surface area contributed by atoms with E-state index in [1.54, 1.807) is 0 Å². The molecule has 0 aliphatic carbocycles. The fourth-order valence-corrected chi connectivity index (χ4v) is 3.77. The van der Waals surface area contributed by atoms with Gasteiger partial charge in [-0.1, -0.05) is 6.42 Å². The lowest BCUT2D eigenvalue weighted by molar-refractivity contribution is -0.151. The van der Waals surface area contributed by atoms with E-state index >= 15 is 0 Å². The average Bonchev–Trinajstić information content (AvgIpc) is 2.56. The van der Waals surface area contributed by atoms with Crippen LogP contribution in [0.25, 0.3) is 0 Å². The summed E-state index contributed by atoms with van der Waals surface area (Å²) in [4.78, 5) is 14.3. The standard InChI is InChI=1S/C15H27NO3/c1-14(2)10-12(15(3,4)19-14)16-9-7-6-8-11(16)13(17)18-5/h11-12H,6-10H2,1-5H3/t11-,12?/m1/s1. The summed E-state index contributed by atoms with van der Waals surface area (Å²) in [6, 6.07) is 0.187. The molecule has 2 heterocycles. The molecular weight excluding hydrogens is 242 g/mol. The Morgan fingerprint density at radius 3 is 2.47 bits per heavy atom. The van der Waals surface area contributed by atoms with Gasteiger partial charge in [0.15, 0.2) is 0 Å². The van der Waals surface area contributed by atoms with Gasteiger partial charge in [0.2, 0.25) is 0 Å². The fourth-order valence-electron chi connectivity index (χ4n) is 3.77. The summed E-state index contributed by atoms with van der Waals surface area (Å²) in [5.74, 6) is -0.0970. The van der Waals surface area contributed by atoms with E-state index in [0.29, 0.717) is 0 Å². The molecular formula is C15H27NO3. The van der Waals surface area contributed by atoms with Gasteiger partial charge in [-0.15, -0.1) is 0 Å². The number of hydrogen-bond donors (Lipinski definition) is 0. The molecule has 2 saturated heterocycles. The number of carbonyl (C=O) groups is 1. The number of piperidine rings is 1. The van der Waals surface area contributed by atoms with Crippen molar-refractivity contribution in [1.82, 2.24) is 4.90 Å². The van der Waals surface area contributed by atoms with Crippen molar-refractivity contribution in [1.29, 1.82) is 0 Å². The molecule has 4 heteroatoms. The second kappa shape index (κ2) is 5.06. The zero-order valence-electron chi connectivity index (χ0n) is 12.9. The first-order chi connectivity index (χ1) is 8.77. The maximum absolute atomic E-state index is 12.0. The minimum Gasteiger partial charge on any atom is -0.468 e. The Kier molecular flexibility index (Phi) is 3.94. The van der Waals surface area contributed by atoms with Crippen LogP contribution >= 0.6 is 0 Å². The number of ether oxygens (including phenoxy) is 2. The lowest BCUT2D eigenvalue weighted by Crippen LogP contribution is -2.55. The van der Waals surface area contributed by atoms with Gasteiger partial charge in [0.1, 0.15) is 6.04 Å². The largest absolute Gasteiger partial charge is 0.468 e. The number of methoxy groups -OCH3 is 1. The molecule has 2 fully saturated rings. The normalized spacial score (nSPS) is 34.2. The highest BCUT2D eigenvalue weighted by atomic mass is 16.5. The van der Waals surface area contributed by atoms with Crippen molar-refractivity contribution in [3.05, 3.63) is 0 Å². The molecule has 2 aliphatic heterocycles. The summed E-state index contributed by atoms with van der Waals surface area (Å²) < 4.78 is 11.1. The van der Waals surface area contributed by atoms with Crippen LogP contribution in [0.15, 0.2) is 0 Å².